The van der Waals surface area contributed by atoms with Crippen LogP contribution in [0.2, 0.25) is 0 Å². The Hall–Kier alpha value is -0.0800. The van der Waals surface area contributed by atoms with Crippen LogP contribution in [0.15, 0.2) is 0 Å². The summed E-state index contributed by atoms with van der Waals surface area (Å²) in [6, 6.07) is 0.643. The Bertz CT molecular complexity index is 235. The van der Waals surface area contributed by atoms with Gasteiger partial charge in [0.05, 0.1) is 0 Å². The Morgan fingerprint density at radius 3 is 2.38 bits per heavy atom. The van der Waals surface area contributed by atoms with Crippen LogP contribution in [-0.4, -0.2) is 29.6 Å². The molecule has 2 atom stereocenters. The molecule has 2 N–H and O–H groups in total. The molecule has 2 fully saturated rings. The molecule has 0 aromatic carbocycles. The largest absolute Gasteiger partial charge is 0.329 e. The lowest BCUT2D eigenvalue weighted by Gasteiger charge is -2.46. The second kappa shape index (κ2) is 4.66. The van der Waals surface area contributed by atoms with E-state index in [1.54, 1.807) is 0 Å². The molecule has 2 heteroatoms. The van der Waals surface area contributed by atoms with Gasteiger partial charge < -0.3 is 5.73 Å². The van der Waals surface area contributed by atoms with Crippen molar-refractivity contribution in [2.45, 2.75) is 64.5 Å². The molecular weight excluding hydrogens is 196 g/mol. The lowest BCUT2D eigenvalue weighted by molar-refractivity contribution is 0.0307. The summed E-state index contributed by atoms with van der Waals surface area (Å²) in [4.78, 5) is 2.74. The molecule has 94 valence electrons. The molecule has 2 nitrogen and oxygen atoms in total. The maximum Gasteiger partial charge on any atom is 0.0360 e. The molecule has 0 aromatic rings. The van der Waals surface area contributed by atoms with Crippen LogP contribution in [0.25, 0.3) is 0 Å². The normalized spacial score (nSPS) is 35.2. The van der Waals surface area contributed by atoms with Gasteiger partial charge in [-0.1, -0.05) is 13.3 Å². The average Bonchev–Trinajstić information content (AvgIpc) is 2.99. The van der Waals surface area contributed by atoms with Gasteiger partial charge in [-0.3, -0.25) is 4.90 Å². The number of nitrogens with zero attached hydrogens (tertiary/aromatic N) is 1. The first-order chi connectivity index (χ1) is 7.60. The van der Waals surface area contributed by atoms with E-state index in [9.17, 15) is 0 Å². The van der Waals surface area contributed by atoms with E-state index in [4.69, 9.17) is 5.73 Å². The van der Waals surface area contributed by atoms with Gasteiger partial charge in [0.15, 0.2) is 0 Å². The standard InChI is InChI=1S/C14H28N2/c1-11(2)16(9-13-6-7-13)14(10-15)8-4-5-12(14)3/h11-13H,4-10,15H2,1-3H3. The Labute approximate surface area is 101 Å². The SMILES string of the molecule is CC(C)N(CC1CC1)C1(CN)CCCC1C. The van der Waals surface area contributed by atoms with Crippen LogP contribution in [0.3, 0.4) is 0 Å². The van der Waals surface area contributed by atoms with Gasteiger partial charge in [0, 0.05) is 24.7 Å². The first kappa shape index (κ1) is 12.4. The molecule has 16 heavy (non-hydrogen) atoms. The van der Waals surface area contributed by atoms with E-state index in [1.165, 1.54) is 38.6 Å². The first-order valence-electron chi connectivity index (χ1n) is 7.07. The summed E-state index contributed by atoms with van der Waals surface area (Å²) in [6.07, 6.45) is 6.93. The summed E-state index contributed by atoms with van der Waals surface area (Å²) in [5.74, 6) is 1.75. The maximum atomic E-state index is 6.15. The number of hydrogen-bond donors (Lipinski definition) is 1. The molecule has 0 bridgehead atoms. The van der Waals surface area contributed by atoms with Gasteiger partial charge in [-0.2, -0.15) is 0 Å². The van der Waals surface area contributed by atoms with Crippen molar-refractivity contribution in [3.63, 3.8) is 0 Å². The third-order valence-corrected chi connectivity index (χ3v) is 4.86. The highest BCUT2D eigenvalue weighted by Gasteiger charge is 2.46. The summed E-state index contributed by atoms with van der Waals surface area (Å²) in [7, 11) is 0. The van der Waals surface area contributed by atoms with Crippen molar-refractivity contribution in [1.29, 1.82) is 0 Å². The van der Waals surface area contributed by atoms with Crippen molar-refractivity contribution in [2.24, 2.45) is 17.6 Å². The quantitative estimate of drug-likeness (QED) is 0.778. The van der Waals surface area contributed by atoms with E-state index in [0.29, 0.717) is 11.6 Å². The van der Waals surface area contributed by atoms with E-state index < -0.39 is 0 Å². The molecule has 2 unspecified atom stereocenters. The summed E-state index contributed by atoms with van der Waals surface area (Å²) in [5, 5.41) is 0. The monoisotopic (exact) mass is 224 g/mol. The fraction of sp³-hybridized carbons (Fsp3) is 1.00. The second-order valence-corrected chi connectivity index (χ2v) is 6.29. The predicted octanol–water partition coefficient (Wildman–Crippen LogP) is 2.62. The molecule has 0 heterocycles. The van der Waals surface area contributed by atoms with Gasteiger partial charge in [-0.25, -0.2) is 0 Å². The highest BCUT2D eigenvalue weighted by atomic mass is 15.2. The molecule has 0 aliphatic heterocycles. The summed E-state index contributed by atoms with van der Waals surface area (Å²) >= 11 is 0. The minimum Gasteiger partial charge on any atom is -0.329 e. The van der Waals surface area contributed by atoms with Crippen LogP contribution >= 0.6 is 0 Å². The number of rotatable bonds is 5. The molecule has 2 aliphatic carbocycles. The third-order valence-electron chi connectivity index (χ3n) is 4.86. The Kier molecular flexibility index (Phi) is 3.60. The molecule has 2 rings (SSSR count). The Balaban J connectivity index is 2.13. The van der Waals surface area contributed by atoms with Crippen LogP contribution in [0.1, 0.15) is 52.9 Å². The molecule has 2 aliphatic rings. The Morgan fingerprint density at radius 1 is 1.31 bits per heavy atom. The maximum absolute atomic E-state index is 6.15. The molecule has 2 saturated carbocycles. The minimum absolute atomic E-state index is 0.316. The van der Waals surface area contributed by atoms with Gasteiger partial charge in [0.1, 0.15) is 0 Å². The summed E-state index contributed by atoms with van der Waals surface area (Å²) in [6.45, 7) is 9.22. The molecular formula is C14H28N2. The fourth-order valence-electron chi connectivity index (χ4n) is 3.56. The predicted molar refractivity (Wildman–Crippen MR) is 69.4 cm³/mol. The van der Waals surface area contributed by atoms with Crippen molar-refractivity contribution >= 4 is 0 Å². The van der Waals surface area contributed by atoms with Crippen molar-refractivity contribution in [3.8, 4) is 0 Å². The molecule has 0 amide bonds. The summed E-state index contributed by atoms with van der Waals surface area (Å²) in [5.41, 5.74) is 6.47. The molecule has 0 radical (unpaired) electrons. The third kappa shape index (κ3) is 2.14. The van der Waals surface area contributed by atoms with Crippen LogP contribution in [0.5, 0.6) is 0 Å². The van der Waals surface area contributed by atoms with Crippen molar-refractivity contribution in [1.82, 2.24) is 4.90 Å². The first-order valence-corrected chi connectivity index (χ1v) is 7.07. The van der Waals surface area contributed by atoms with Crippen molar-refractivity contribution in [2.75, 3.05) is 13.1 Å². The zero-order valence-corrected chi connectivity index (χ0v) is 11.2. The van der Waals surface area contributed by atoms with Gasteiger partial charge in [-0.15, -0.1) is 0 Å². The van der Waals surface area contributed by atoms with Crippen LogP contribution in [0, 0.1) is 11.8 Å². The molecule has 0 saturated heterocycles. The van der Waals surface area contributed by atoms with E-state index in [1.807, 2.05) is 0 Å². The Morgan fingerprint density at radius 2 is 2.00 bits per heavy atom. The van der Waals surface area contributed by atoms with Crippen LogP contribution in [-0.2, 0) is 0 Å². The number of nitrogens with two attached hydrogens (primary N) is 1. The average molecular weight is 224 g/mol. The molecule has 0 aromatic heterocycles. The smallest absolute Gasteiger partial charge is 0.0360 e. The van der Waals surface area contributed by atoms with Gasteiger partial charge in [0.25, 0.3) is 0 Å². The lowest BCUT2D eigenvalue weighted by Crippen LogP contribution is -2.58. The zero-order valence-electron chi connectivity index (χ0n) is 11.2. The number of hydrogen-bond acceptors (Lipinski definition) is 2. The van der Waals surface area contributed by atoms with Gasteiger partial charge >= 0.3 is 0 Å². The van der Waals surface area contributed by atoms with Crippen molar-refractivity contribution in [3.05, 3.63) is 0 Å². The van der Waals surface area contributed by atoms with Gasteiger partial charge in [0.2, 0.25) is 0 Å². The van der Waals surface area contributed by atoms with Crippen molar-refractivity contribution < 1.29 is 0 Å². The zero-order chi connectivity index (χ0) is 11.8. The fourth-order valence-corrected chi connectivity index (χ4v) is 3.56. The van der Waals surface area contributed by atoms with E-state index in [0.717, 1.165) is 18.4 Å². The topological polar surface area (TPSA) is 29.3 Å². The van der Waals surface area contributed by atoms with Crippen LogP contribution in [0.4, 0.5) is 0 Å². The second-order valence-electron chi connectivity index (χ2n) is 6.29. The molecule has 0 spiro atoms. The lowest BCUT2D eigenvalue weighted by atomic mass is 9.85. The summed E-state index contributed by atoms with van der Waals surface area (Å²) < 4.78 is 0. The van der Waals surface area contributed by atoms with E-state index in [-0.39, 0.29) is 0 Å². The van der Waals surface area contributed by atoms with Crippen LogP contribution < -0.4 is 5.73 Å². The van der Waals surface area contributed by atoms with Gasteiger partial charge in [-0.05, 0) is 51.4 Å². The minimum atomic E-state index is 0.316. The highest BCUT2D eigenvalue weighted by Crippen LogP contribution is 2.43. The van der Waals surface area contributed by atoms with E-state index >= 15 is 0 Å². The van der Waals surface area contributed by atoms with E-state index in [2.05, 4.69) is 25.7 Å². The highest BCUT2D eigenvalue weighted by molar-refractivity contribution is 5.02.